The van der Waals surface area contributed by atoms with E-state index >= 15 is 0 Å². The number of benzene rings is 2. The minimum Gasteiger partial charge on any atom is -0.322 e. The number of fused-ring (bicyclic) bond motifs is 3. The van der Waals surface area contributed by atoms with Crippen LogP contribution < -0.4 is 11.0 Å². The summed E-state index contributed by atoms with van der Waals surface area (Å²) >= 11 is 5.67. The van der Waals surface area contributed by atoms with Gasteiger partial charge >= 0.3 is 5.69 Å². The Balaban J connectivity index is 1.67. The van der Waals surface area contributed by atoms with Crippen LogP contribution in [-0.2, 0) is 11.3 Å². The molecule has 4 rings (SSSR count). The zero-order valence-electron chi connectivity index (χ0n) is 13.5. The number of rotatable bonds is 3. The first-order chi connectivity index (χ1) is 12.9. The van der Waals surface area contributed by atoms with Gasteiger partial charge in [-0.1, -0.05) is 11.6 Å². The third kappa shape index (κ3) is 3.13. The summed E-state index contributed by atoms with van der Waals surface area (Å²) in [5.74, 6) is -1.81. The van der Waals surface area contributed by atoms with Crippen molar-refractivity contribution < 1.29 is 13.6 Å². The molecule has 27 heavy (non-hydrogen) atoms. The molecule has 2 aromatic heterocycles. The minimum absolute atomic E-state index is 0.0659. The molecule has 0 spiro atoms. The van der Waals surface area contributed by atoms with E-state index in [0.29, 0.717) is 10.9 Å². The van der Waals surface area contributed by atoms with Crippen molar-refractivity contribution in [2.24, 2.45) is 0 Å². The molecule has 0 unspecified atom stereocenters. The predicted octanol–water partition coefficient (Wildman–Crippen LogP) is 2.61. The molecule has 0 atom stereocenters. The van der Waals surface area contributed by atoms with Crippen molar-refractivity contribution in [2.45, 2.75) is 6.54 Å². The van der Waals surface area contributed by atoms with Crippen molar-refractivity contribution in [2.75, 3.05) is 5.32 Å². The van der Waals surface area contributed by atoms with Crippen LogP contribution in [0.25, 0.3) is 16.6 Å². The fourth-order valence-electron chi connectivity index (χ4n) is 2.65. The lowest BCUT2D eigenvalue weighted by Crippen LogP contribution is -2.28. The second-order valence-corrected chi connectivity index (χ2v) is 6.15. The zero-order chi connectivity index (χ0) is 19.1. The van der Waals surface area contributed by atoms with E-state index in [2.05, 4.69) is 15.4 Å². The van der Waals surface area contributed by atoms with E-state index in [9.17, 15) is 18.4 Å². The highest BCUT2D eigenvalue weighted by atomic mass is 35.5. The second-order valence-electron chi connectivity index (χ2n) is 5.71. The third-order valence-corrected chi connectivity index (χ3v) is 4.12. The van der Waals surface area contributed by atoms with Crippen LogP contribution in [0.2, 0.25) is 5.02 Å². The Bertz CT molecular complexity index is 1270. The van der Waals surface area contributed by atoms with E-state index in [4.69, 9.17) is 11.6 Å². The van der Waals surface area contributed by atoms with E-state index in [1.165, 1.54) is 36.7 Å². The highest BCUT2D eigenvalue weighted by Gasteiger charge is 2.15. The van der Waals surface area contributed by atoms with E-state index in [1.807, 2.05) is 0 Å². The van der Waals surface area contributed by atoms with E-state index < -0.39 is 29.8 Å². The number of amides is 1. The maximum absolute atomic E-state index is 13.8. The number of carbonyl (C=O) groups excluding carboxylic acids is 1. The van der Waals surface area contributed by atoms with Gasteiger partial charge < -0.3 is 5.32 Å². The maximum Gasteiger partial charge on any atom is 0.352 e. The van der Waals surface area contributed by atoms with Gasteiger partial charge in [-0.05, 0) is 30.3 Å². The Kier molecular flexibility index (Phi) is 4.08. The summed E-state index contributed by atoms with van der Waals surface area (Å²) in [6.07, 6.45) is 1.21. The molecular weight excluding hydrogens is 380 g/mol. The molecule has 0 saturated carbocycles. The zero-order valence-corrected chi connectivity index (χ0v) is 14.2. The average molecular weight is 390 g/mol. The minimum atomic E-state index is -0.699. The Morgan fingerprint density at radius 3 is 2.78 bits per heavy atom. The van der Waals surface area contributed by atoms with E-state index in [-0.39, 0.29) is 16.4 Å². The standard InChI is InChI=1S/C17H10ClF2N5O2/c18-9-1-4-13(12(20)5-9)22-15(26)7-25-17(27)24-8-21-14-6-10(19)2-3-11(14)16(24)23-25/h1-6,8H,7H2,(H,22,26). The van der Waals surface area contributed by atoms with Crippen LogP contribution >= 0.6 is 11.6 Å². The molecule has 2 heterocycles. The average Bonchev–Trinajstić information content (AvgIpc) is 2.93. The van der Waals surface area contributed by atoms with Gasteiger partial charge in [0, 0.05) is 16.5 Å². The van der Waals surface area contributed by atoms with Crippen molar-refractivity contribution >= 4 is 39.7 Å². The molecule has 136 valence electrons. The number of hydrogen-bond donors (Lipinski definition) is 1. The van der Waals surface area contributed by atoms with E-state index in [0.717, 1.165) is 15.1 Å². The summed E-state index contributed by atoms with van der Waals surface area (Å²) in [5.41, 5.74) is -0.109. The number of halogens is 3. The molecule has 7 nitrogen and oxygen atoms in total. The van der Waals surface area contributed by atoms with Crippen molar-refractivity contribution in [3.63, 3.8) is 0 Å². The highest BCUT2D eigenvalue weighted by Crippen LogP contribution is 2.19. The molecular formula is C17H10ClF2N5O2. The van der Waals surface area contributed by atoms with Crippen LogP contribution in [0, 0.1) is 11.6 Å². The number of aromatic nitrogens is 4. The number of anilines is 1. The van der Waals surface area contributed by atoms with Crippen LogP contribution in [0.15, 0.2) is 47.5 Å². The van der Waals surface area contributed by atoms with Crippen LogP contribution in [0.4, 0.5) is 14.5 Å². The fraction of sp³-hybridized carbons (Fsp3) is 0.0588. The molecule has 0 fully saturated rings. The Hall–Kier alpha value is -3.33. The van der Waals surface area contributed by atoms with Crippen LogP contribution in [-0.4, -0.2) is 25.1 Å². The Morgan fingerprint density at radius 1 is 1.19 bits per heavy atom. The van der Waals surface area contributed by atoms with Gasteiger partial charge in [0.25, 0.3) is 0 Å². The number of nitrogens with one attached hydrogen (secondary N) is 1. The molecule has 1 N–H and O–H groups in total. The Morgan fingerprint density at radius 2 is 2.00 bits per heavy atom. The Labute approximate surface area is 154 Å². The molecule has 10 heteroatoms. The number of carbonyl (C=O) groups is 1. The normalized spacial score (nSPS) is 11.2. The largest absolute Gasteiger partial charge is 0.352 e. The molecule has 1 amide bonds. The molecule has 0 aliphatic carbocycles. The summed E-state index contributed by atoms with van der Waals surface area (Å²) < 4.78 is 29.2. The van der Waals surface area contributed by atoms with Gasteiger partial charge in [-0.25, -0.2) is 27.6 Å². The van der Waals surface area contributed by atoms with Crippen LogP contribution in [0.5, 0.6) is 0 Å². The van der Waals surface area contributed by atoms with Gasteiger partial charge in [-0.2, -0.15) is 0 Å². The van der Waals surface area contributed by atoms with E-state index in [1.54, 1.807) is 0 Å². The van der Waals surface area contributed by atoms with Gasteiger partial charge in [0.15, 0.2) is 5.65 Å². The summed E-state index contributed by atoms with van der Waals surface area (Å²) in [5, 5.41) is 7.12. The quantitative estimate of drug-likeness (QED) is 0.584. The topological polar surface area (TPSA) is 81.3 Å². The van der Waals surface area contributed by atoms with Gasteiger partial charge in [0.1, 0.15) is 24.5 Å². The van der Waals surface area contributed by atoms with Crippen molar-refractivity contribution in [1.82, 2.24) is 19.2 Å². The molecule has 0 aliphatic rings. The third-order valence-electron chi connectivity index (χ3n) is 3.88. The fourth-order valence-corrected chi connectivity index (χ4v) is 2.81. The monoisotopic (exact) mass is 389 g/mol. The number of hydrogen-bond acceptors (Lipinski definition) is 4. The van der Waals surface area contributed by atoms with Gasteiger partial charge in [-0.3, -0.25) is 4.79 Å². The molecule has 0 aliphatic heterocycles. The first-order valence-electron chi connectivity index (χ1n) is 7.71. The summed E-state index contributed by atoms with van der Waals surface area (Å²) in [6, 6.07) is 7.69. The lowest BCUT2D eigenvalue weighted by Gasteiger charge is -2.06. The first-order valence-corrected chi connectivity index (χ1v) is 8.08. The van der Waals surface area contributed by atoms with Crippen LogP contribution in [0.1, 0.15) is 0 Å². The SMILES string of the molecule is O=C(Cn1nc2c3ccc(F)cc3ncn2c1=O)Nc1ccc(Cl)cc1F. The highest BCUT2D eigenvalue weighted by molar-refractivity contribution is 6.30. The van der Waals surface area contributed by atoms with Gasteiger partial charge in [-0.15, -0.1) is 5.10 Å². The summed E-state index contributed by atoms with van der Waals surface area (Å²) in [7, 11) is 0. The molecule has 0 radical (unpaired) electrons. The van der Waals surface area contributed by atoms with Crippen LogP contribution in [0.3, 0.4) is 0 Å². The maximum atomic E-state index is 13.8. The lowest BCUT2D eigenvalue weighted by molar-refractivity contribution is -0.117. The molecule has 2 aromatic carbocycles. The number of nitrogens with zero attached hydrogens (tertiary/aromatic N) is 4. The molecule has 0 bridgehead atoms. The lowest BCUT2D eigenvalue weighted by atomic mass is 10.2. The summed E-state index contributed by atoms with van der Waals surface area (Å²) in [4.78, 5) is 28.6. The molecule has 0 saturated heterocycles. The molecule has 4 aromatic rings. The van der Waals surface area contributed by atoms with Crippen molar-refractivity contribution in [3.8, 4) is 0 Å². The second kappa shape index (κ2) is 6.44. The van der Waals surface area contributed by atoms with Crippen molar-refractivity contribution in [1.29, 1.82) is 0 Å². The van der Waals surface area contributed by atoms with Gasteiger partial charge in [0.2, 0.25) is 5.91 Å². The summed E-state index contributed by atoms with van der Waals surface area (Å²) in [6.45, 7) is -0.439. The first kappa shape index (κ1) is 17.1. The smallest absolute Gasteiger partial charge is 0.322 e. The van der Waals surface area contributed by atoms with Crippen molar-refractivity contribution in [3.05, 3.63) is 69.9 Å². The predicted molar refractivity (Wildman–Crippen MR) is 94.8 cm³/mol. The van der Waals surface area contributed by atoms with Gasteiger partial charge in [0.05, 0.1) is 11.2 Å².